The van der Waals surface area contributed by atoms with Crippen molar-refractivity contribution in [3.63, 3.8) is 0 Å². The molecule has 0 aliphatic carbocycles. The van der Waals surface area contributed by atoms with Crippen LogP contribution in [0.5, 0.6) is 0 Å². The van der Waals surface area contributed by atoms with Crippen LogP contribution in [0.4, 0.5) is 0 Å². The highest BCUT2D eigenvalue weighted by atomic mass is 16.6. The molecule has 0 spiro atoms. The van der Waals surface area contributed by atoms with Crippen LogP contribution >= 0.6 is 0 Å². The Balaban J connectivity index is 4.03. The van der Waals surface area contributed by atoms with Crippen LogP contribution in [0.1, 0.15) is 0 Å². The quantitative estimate of drug-likeness (QED) is 0.277. The minimum atomic E-state index is -2.71. The first-order valence-corrected chi connectivity index (χ1v) is 3.44. The van der Waals surface area contributed by atoms with Crippen LogP contribution in [0.15, 0.2) is 0 Å². The summed E-state index contributed by atoms with van der Waals surface area (Å²) in [6, 6.07) is 0. The molecule has 7 heteroatoms. The average Bonchev–Trinajstić information content (AvgIpc) is 2.12. The third-order valence-corrected chi connectivity index (χ3v) is 1.23. The summed E-state index contributed by atoms with van der Waals surface area (Å²) < 4.78 is 4.06. The van der Waals surface area contributed by atoms with E-state index in [1.807, 2.05) is 5.32 Å². The summed E-state index contributed by atoms with van der Waals surface area (Å²) in [5.41, 5.74) is 4.92. The molecule has 0 radical (unpaired) electrons. The standard InChI is InChI=1S/C6H12N2O5/c1-13-5(10)6(11,12)3-8-4(9)2-7/h11-12H,2-3,7H2,1H3,(H,8,9). The van der Waals surface area contributed by atoms with Gasteiger partial charge in [-0.1, -0.05) is 0 Å². The second kappa shape index (κ2) is 4.75. The van der Waals surface area contributed by atoms with Crippen molar-refractivity contribution in [2.24, 2.45) is 5.73 Å². The SMILES string of the molecule is COC(=O)C(O)(O)CNC(=O)CN. The van der Waals surface area contributed by atoms with Crippen molar-refractivity contribution in [1.29, 1.82) is 0 Å². The van der Waals surface area contributed by atoms with Crippen LogP contribution in [-0.4, -0.2) is 48.1 Å². The monoisotopic (exact) mass is 192 g/mol. The maximum absolute atomic E-state index is 10.6. The molecule has 0 heterocycles. The predicted octanol–water partition coefficient (Wildman–Crippen LogP) is -3.08. The Hall–Kier alpha value is -1.18. The van der Waals surface area contributed by atoms with Crippen molar-refractivity contribution in [2.45, 2.75) is 5.79 Å². The largest absolute Gasteiger partial charge is 0.465 e. The van der Waals surface area contributed by atoms with E-state index in [1.165, 1.54) is 0 Å². The van der Waals surface area contributed by atoms with Gasteiger partial charge in [0.25, 0.3) is 5.79 Å². The van der Waals surface area contributed by atoms with Crippen molar-refractivity contribution in [3.05, 3.63) is 0 Å². The lowest BCUT2D eigenvalue weighted by Gasteiger charge is -2.18. The molecule has 0 atom stereocenters. The Morgan fingerprint density at radius 3 is 2.46 bits per heavy atom. The molecule has 0 aromatic heterocycles. The third kappa shape index (κ3) is 3.83. The Bertz CT molecular complexity index is 203. The number of methoxy groups -OCH3 is 1. The average molecular weight is 192 g/mol. The van der Waals surface area contributed by atoms with Gasteiger partial charge in [0.1, 0.15) is 0 Å². The maximum atomic E-state index is 10.6. The number of carbonyl (C=O) groups excluding carboxylic acids is 2. The fourth-order valence-electron chi connectivity index (χ4n) is 0.530. The molecule has 0 aliphatic rings. The van der Waals surface area contributed by atoms with Crippen LogP contribution < -0.4 is 11.1 Å². The minimum Gasteiger partial charge on any atom is -0.465 e. The molecule has 1 amide bonds. The Kier molecular flexibility index (Phi) is 4.32. The summed E-state index contributed by atoms with van der Waals surface area (Å²) in [6.07, 6.45) is 0. The van der Waals surface area contributed by atoms with E-state index in [0.29, 0.717) is 0 Å². The molecule has 0 aromatic rings. The molecule has 0 saturated heterocycles. The van der Waals surface area contributed by atoms with Crippen molar-refractivity contribution in [2.75, 3.05) is 20.2 Å². The highest BCUT2D eigenvalue weighted by molar-refractivity contribution is 5.81. The molecule has 0 saturated carbocycles. The summed E-state index contributed by atoms with van der Waals surface area (Å²) in [4.78, 5) is 21.2. The van der Waals surface area contributed by atoms with Gasteiger partial charge in [0, 0.05) is 0 Å². The van der Waals surface area contributed by atoms with Gasteiger partial charge in [-0.3, -0.25) is 4.79 Å². The lowest BCUT2D eigenvalue weighted by atomic mass is 10.3. The van der Waals surface area contributed by atoms with Crippen LogP contribution in [0.2, 0.25) is 0 Å². The highest BCUT2D eigenvalue weighted by Crippen LogP contribution is 1.99. The number of nitrogens with two attached hydrogens (primary N) is 1. The van der Waals surface area contributed by atoms with Crippen LogP contribution in [0.3, 0.4) is 0 Å². The number of hydrogen-bond acceptors (Lipinski definition) is 6. The lowest BCUT2D eigenvalue weighted by molar-refractivity contribution is -0.204. The van der Waals surface area contributed by atoms with Gasteiger partial charge in [0.05, 0.1) is 20.2 Å². The molecular formula is C6H12N2O5. The summed E-state index contributed by atoms with van der Waals surface area (Å²) in [5.74, 6) is -4.55. The summed E-state index contributed by atoms with van der Waals surface area (Å²) in [7, 11) is 0.994. The zero-order chi connectivity index (χ0) is 10.5. The van der Waals surface area contributed by atoms with E-state index < -0.39 is 24.2 Å². The fraction of sp³-hybridized carbons (Fsp3) is 0.667. The van der Waals surface area contributed by atoms with E-state index in [9.17, 15) is 9.59 Å². The van der Waals surface area contributed by atoms with E-state index >= 15 is 0 Å². The lowest BCUT2D eigenvalue weighted by Crippen LogP contribution is -2.50. The molecular weight excluding hydrogens is 180 g/mol. The molecule has 0 bridgehead atoms. The number of esters is 1. The molecule has 0 unspecified atom stereocenters. The number of carbonyl (C=O) groups is 2. The van der Waals surface area contributed by atoms with Gasteiger partial charge in [-0.2, -0.15) is 0 Å². The van der Waals surface area contributed by atoms with Gasteiger partial charge >= 0.3 is 5.97 Å². The van der Waals surface area contributed by atoms with Gasteiger partial charge in [-0.15, -0.1) is 0 Å². The first-order valence-electron chi connectivity index (χ1n) is 3.44. The number of aliphatic hydroxyl groups is 2. The van der Waals surface area contributed by atoms with E-state index in [2.05, 4.69) is 4.74 Å². The zero-order valence-corrected chi connectivity index (χ0v) is 7.11. The number of ether oxygens (including phenoxy) is 1. The van der Waals surface area contributed by atoms with E-state index in [1.54, 1.807) is 0 Å². The Morgan fingerprint density at radius 2 is 2.08 bits per heavy atom. The van der Waals surface area contributed by atoms with E-state index in [0.717, 1.165) is 7.11 Å². The molecule has 5 N–H and O–H groups in total. The second-order valence-corrected chi connectivity index (χ2v) is 2.29. The van der Waals surface area contributed by atoms with E-state index in [-0.39, 0.29) is 6.54 Å². The van der Waals surface area contributed by atoms with Crippen LogP contribution in [0, 0.1) is 0 Å². The van der Waals surface area contributed by atoms with Crippen molar-refractivity contribution in [3.8, 4) is 0 Å². The Labute approximate surface area is 74.5 Å². The van der Waals surface area contributed by atoms with Crippen LogP contribution in [-0.2, 0) is 14.3 Å². The number of rotatable bonds is 4. The summed E-state index contributed by atoms with van der Waals surface area (Å²) in [5, 5.41) is 19.9. The third-order valence-electron chi connectivity index (χ3n) is 1.23. The molecule has 0 fully saturated rings. The molecule has 13 heavy (non-hydrogen) atoms. The maximum Gasteiger partial charge on any atom is 0.368 e. The van der Waals surface area contributed by atoms with E-state index in [4.69, 9.17) is 15.9 Å². The van der Waals surface area contributed by atoms with Gasteiger partial charge in [-0.25, -0.2) is 4.79 Å². The number of hydrogen-bond donors (Lipinski definition) is 4. The van der Waals surface area contributed by atoms with Crippen LogP contribution in [0.25, 0.3) is 0 Å². The molecule has 0 rings (SSSR count). The number of amides is 1. The van der Waals surface area contributed by atoms with Crippen molar-refractivity contribution < 1.29 is 24.5 Å². The van der Waals surface area contributed by atoms with Gasteiger partial charge in [-0.05, 0) is 0 Å². The summed E-state index contributed by atoms with van der Waals surface area (Å²) in [6.45, 7) is -0.951. The molecule has 0 aromatic carbocycles. The topological polar surface area (TPSA) is 122 Å². The Morgan fingerprint density at radius 1 is 1.54 bits per heavy atom. The molecule has 76 valence electrons. The number of nitrogens with one attached hydrogen (secondary N) is 1. The predicted molar refractivity (Wildman–Crippen MR) is 41.2 cm³/mol. The van der Waals surface area contributed by atoms with Gasteiger partial charge < -0.3 is 26.0 Å². The minimum absolute atomic E-state index is 0.294. The second-order valence-electron chi connectivity index (χ2n) is 2.29. The first kappa shape index (κ1) is 11.8. The molecule has 7 nitrogen and oxygen atoms in total. The van der Waals surface area contributed by atoms with Crippen molar-refractivity contribution >= 4 is 11.9 Å². The van der Waals surface area contributed by atoms with Gasteiger partial charge in [0.2, 0.25) is 5.91 Å². The molecule has 0 aliphatic heterocycles. The fourth-order valence-corrected chi connectivity index (χ4v) is 0.530. The summed E-state index contributed by atoms with van der Waals surface area (Å²) >= 11 is 0. The van der Waals surface area contributed by atoms with Gasteiger partial charge in [0.15, 0.2) is 0 Å². The van der Waals surface area contributed by atoms with Crippen molar-refractivity contribution in [1.82, 2.24) is 5.32 Å². The highest BCUT2D eigenvalue weighted by Gasteiger charge is 2.34. The first-order chi connectivity index (χ1) is 5.94. The smallest absolute Gasteiger partial charge is 0.368 e. The zero-order valence-electron chi connectivity index (χ0n) is 7.11. The normalized spacial score (nSPS) is 10.8.